The largest absolute Gasteiger partial charge is 0.0602 e. The summed E-state index contributed by atoms with van der Waals surface area (Å²) in [5.41, 5.74) is 2.63. The zero-order valence-corrected chi connectivity index (χ0v) is 25.1. The van der Waals surface area contributed by atoms with Gasteiger partial charge in [0.2, 0.25) is 0 Å². The summed E-state index contributed by atoms with van der Waals surface area (Å²) in [4.78, 5) is 0. The van der Waals surface area contributed by atoms with Crippen molar-refractivity contribution >= 4 is 0 Å². The molecule has 0 N–H and O–H groups in total. The summed E-state index contributed by atoms with van der Waals surface area (Å²) in [6, 6.07) is 0. The van der Waals surface area contributed by atoms with E-state index in [0.29, 0.717) is 32.5 Å². The average Bonchev–Trinajstić information content (AvgIpc) is 2.56. The third kappa shape index (κ3) is 11.9. The second-order valence-corrected chi connectivity index (χ2v) is 17.1. The molecule has 0 nitrogen and oxygen atoms in total. The molecule has 0 radical (unpaired) electrons. The maximum atomic E-state index is 2.57. The Morgan fingerprint density at radius 3 is 1.16 bits per heavy atom. The van der Waals surface area contributed by atoms with Gasteiger partial charge in [0.1, 0.15) is 0 Å². The lowest BCUT2D eigenvalue weighted by Crippen LogP contribution is -2.33. The van der Waals surface area contributed by atoms with Crippen LogP contribution >= 0.6 is 0 Å². The lowest BCUT2D eigenvalue weighted by Gasteiger charge is -2.44. The minimum atomic E-state index is 0.421. The molecule has 0 heteroatoms. The molecule has 0 aromatic rings. The molecule has 1 rings (SSSR count). The van der Waals surface area contributed by atoms with Crippen LogP contribution in [0.1, 0.15) is 167 Å². The van der Waals surface area contributed by atoms with E-state index in [1.807, 2.05) is 0 Å². The van der Waals surface area contributed by atoms with Crippen LogP contribution in [0.5, 0.6) is 0 Å². The van der Waals surface area contributed by atoms with Gasteiger partial charge in [-0.15, -0.1) is 0 Å². The van der Waals surface area contributed by atoms with Crippen molar-refractivity contribution in [3.8, 4) is 0 Å². The van der Waals surface area contributed by atoms with Gasteiger partial charge in [0, 0.05) is 0 Å². The monoisotopic (exact) mass is 449 g/mol. The number of rotatable bonds is 12. The topological polar surface area (TPSA) is 0 Å². The van der Waals surface area contributed by atoms with E-state index in [-0.39, 0.29) is 0 Å². The third-order valence-corrected chi connectivity index (χ3v) is 8.57. The molecule has 0 saturated heterocycles. The third-order valence-electron chi connectivity index (χ3n) is 8.57. The summed E-state index contributed by atoms with van der Waals surface area (Å²) >= 11 is 0. The number of hydrogen-bond donors (Lipinski definition) is 0. The Morgan fingerprint density at radius 1 is 0.438 bits per heavy atom. The highest BCUT2D eigenvalue weighted by Gasteiger charge is 2.37. The van der Waals surface area contributed by atoms with Crippen molar-refractivity contribution in [1.29, 1.82) is 0 Å². The second kappa shape index (κ2) is 10.7. The molecule has 0 aliphatic heterocycles. The van der Waals surface area contributed by atoms with Crippen molar-refractivity contribution < 1.29 is 0 Å². The molecular weight excluding hydrogens is 384 g/mol. The van der Waals surface area contributed by atoms with Gasteiger partial charge in [-0.25, -0.2) is 0 Å². The molecule has 1 fully saturated rings. The molecule has 0 amide bonds. The van der Waals surface area contributed by atoms with E-state index >= 15 is 0 Å². The van der Waals surface area contributed by atoms with Crippen LogP contribution in [0.2, 0.25) is 0 Å². The average molecular weight is 449 g/mol. The van der Waals surface area contributed by atoms with Gasteiger partial charge in [0.15, 0.2) is 0 Å². The van der Waals surface area contributed by atoms with Crippen molar-refractivity contribution in [2.45, 2.75) is 167 Å². The van der Waals surface area contributed by atoms with Gasteiger partial charge in [-0.05, 0) is 96.2 Å². The summed E-state index contributed by atoms with van der Waals surface area (Å²) < 4.78 is 0. The normalized spacial score (nSPS) is 18.3. The lowest BCUT2D eigenvalue weighted by atomic mass is 9.62. The molecule has 0 unspecified atom stereocenters. The van der Waals surface area contributed by atoms with Gasteiger partial charge in [-0.2, -0.15) is 0 Å². The van der Waals surface area contributed by atoms with E-state index < -0.39 is 0 Å². The van der Waals surface area contributed by atoms with Gasteiger partial charge in [0.25, 0.3) is 0 Å². The Bertz CT molecular complexity index is 543. The Hall–Kier alpha value is 0. The van der Waals surface area contributed by atoms with Crippen LogP contribution in [0.4, 0.5) is 0 Å². The maximum absolute atomic E-state index is 2.57. The number of hydrogen-bond acceptors (Lipinski definition) is 0. The smallest absolute Gasteiger partial charge is 0.0321 e. The fraction of sp³-hybridized carbons (Fsp3) is 1.00. The van der Waals surface area contributed by atoms with Crippen LogP contribution in [0.3, 0.4) is 0 Å². The van der Waals surface area contributed by atoms with E-state index in [1.165, 1.54) is 77.0 Å². The van der Waals surface area contributed by atoms with Crippen molar-refractivity contribution in [3.05, 3.63) is 0 Å². The molecule has 1 saturated carbocycles. The highest BCUT2D eigenvalue weighted by atomic mass is 14.4. The fourth-order valence-corrected chi connectivity index (χ4v) is 7.70. The molecule has 32 heavy (non-hydrogen) atoms. The molecule has 192 valence electrons. The highest BCUT2D eigenvalue weighted by Crippen LogP contribution is 2.49. The molecule has 0 spiro atoms. The summed E-state index contributed by atoms with van der Waals surface area (Å²) in [7, 11) is 0. The predicted molar refractivity (Wildman–Crippen MR) is 147 cm³/mol. The summed E-state index contributed by atoms with van der Waals surface area (Å²) in [6.45, 7) is 32.5. The molecular formula is C32H64. The first kappa shape index (κ1) is 30.0. The molecule has 1 aliphatic rings. The van der Waals surface area contributed by atoms with E-state index in [0.717, 1.165) is 5.92 Å². The summed E-state index contributed by atoms with van der Waals surface area (Å²) in [5.74, 6) is 0.943. The van der Waals surface area contributed by atoms with Crippen molar-refractivity contribution in [3.63, 3.8) is 0 Å². The van der Waals surface area contributed by atoms with Crippen molar-refractivity contribution in [2.24, 2.45) is 38.4 Å². The van der Waals surface area contributed by atoms with Gasteiger partial charge in [-0.1, -0.05) is 109 Å². The zero-order chi connectivity index (χ0) is 25.1. The van der Waals surface area contributed by atoms with Crippen LogP contribution in [-0.4, -0.2) is 0 Å². The molecule has 0 heterocycles. The minimum Gasteiger partial charge on any atom is -0.0602 e. The lowest BCUT2D eigenvalue weighted by molar-refractivity contribution is 0.0718. The van der Waals surface area contributed by atoms with Crippen LogP contribution in [0.25, 0.3) is 0 Å². The Morgan fingerprint density at radius 2 is 0.781 bits per heavy atom. The quantitative estimate of drug-likeness (QED) is 0.278. The SMILES string of the molecule is CC(C)(C)CC(C)(C)CCC(C)(C)CC(C)(C)CCC(C)(C)CC(C)(C)C1CCCCC1. The predicted octanol–water partition coefficient (Wildman–Crippen LogP) is 11.5. The maximum Gasteiger partial charge on any atom is -0.0321 e. The van der Waals surface area contributed by atoms with Crippen LogP contribution < -0.4 is 0 Å². The zero-order valence-electron chi connectivity index (χ0n) is 25.1. The van der Waals surface area contributed by atoms with Gasteiger partial charge >= 0.3 is 0 Å². The highest BCUT2D eigenvalue weighted by molar-refractivity contribution is 4.89. The molecule has 0 atom stereocenters. The fourth-order valence-electron chi connectivity index (χ4n) is 7.70. The molecule has 0 bridgehead atoms. The van der Waals surface area contributed by atoms with E-state index in [2.05, 4.69) is 90.0 Å². The summed E-state index contributed by atoms with van der Waals surface area (Å²) in [5, 5.41) is 0. The van der Waals surface area contributed by atoms with Crippen LogP contribution in [0.15, 0.2) is 0 Å². The first-order chi connectivity index (χ1) is 14.1. The van der Waals surface area contributed by atoms with Gasteiger partial charge in [0.05, 0.1) is 0 Å². The van der Waals surface area contributed by atoms with Crippen molar-refractivity contribution in [2.75, 3.05) is 0 Å². The molecule has 0 aromatic carbocycles. The summed E-state index contributed by atoms with van der Waals surface area (Å²) in [6.07, 6.45) is 16.8. The Labute approximate surface area is 205 Å². The minimum absolute atomic E-state index is 0.421. The van der Waals surface area contributed by atoms with Crippen molar-refractivity contribution in [1.82, 2.24) is 0 Å². The Kier molecular flexibility index (Phi) is 10.1. The van der Waals surface area contributed by atoms with E-state index in [1.54, 1.807) is 0 Å². The molecule has 0 aromatic heterocycles. The van der Waals surface area contributed by atoms with Crippen LogP contribution in [0, 0.1) is 38.4 Å². The van der Waals surface area contributed by atoms with E-state index in [4.69, 9.17) is 0 Å². The first-order valence-electron chi connectivity index (χ1n) is 14.1. The molecule has 1 aliphatic carbocycles. The van der Waals surface area contributed by atoms with Gasteiger partial charge in [-0.3, -0.25) is 0 Å². The second-order valence-electron chi connectivity index (χ2n) is 17.1. The standard InChI is InChI=1S/C32H64/c1-27(2,3)23-28(4,5)19-20-29(6,7)24-30(8,9)21-22-31(10,11)25-32(12,13)26-17-15-14-16-18-26/h26H,14-25H2,1-13H3. The van der Waals surface area contributed by atoms with Crippen LogP contribution in [-0.2, 0) is 0 Å². The Balaban J connectivity index is 2.61. The van der Waals surface area contributed by atoms with E-state index in [9.17, 15) is 0 Å². The van der Waals surface area contributed by atoms with Gasteiger partial charge < -0.3 is 0 Å². The first-order valence-corrected chi connectivity index (χ1v) is 14.1.